The van der Waals surface area contributed by atoms with Gasteiger partial charge >= 0.3 is 5.97 Å². The summed E-state index contributed by atoms with van der Waals surface area (Å²) < 4.78 is 26.4. The molecular formula is C19H19NO5S. The number of aryl methyl sites for hydroxylation is 1. The number of sulfonamides is 1. The van der Waals surface area contributed by atoms with Gasteiger partial charge in [-0.1, -0.05) is 48.0 Å². The van der Waals surface area contributed by atoms with Crippen molar-refractivity contribution in [3.8, 4) is 0 Å². The van der Waals surface area contributed by atoms with Crippen molar-refractivity contribution in [2.75, 3.05) is 0 Å². The van der Waals surface area contributed by atoms with Crippen molar-refractivity contribution in [3.63, 3.8) is 0 Å². The molecule has 2 atom stereocenters. The first kappa shape index (κ1) is 18.1. The largest absolute Gasteiger partial charge is 0.480 e. The van der Waals surface area contributed by atoms with Crippen LogP contribution in [-0.2, 0) is 26.0 Å². The zero-order valence-electron chi connectivity index (χ0n) is 14.2. The van der Waals surface area contributed by atoms with Crippen LogP contribution >= 0.6 is 0 Å². The third-order valence-electron chi connectivity index (χ3n) is 4.55. The van der Waals surface area contributed by atoms with Crippen molar-refractivity contribution in [1.82, 2.24) is 4.31 Å². The van der Waals surface area contributed by atoms with E-state index in [-0.39, 0.29) is 11.3 Å². The SMILES string of the molecule is Cc1ccc(S(=O)(=O)N2C(=O)C(Cc3ccccc3)CC2C(=O)O)cc1. The molecule has 6 nitrogen and oxygen atoms in total. The van der Waals surface area contributed by atoms with E-state index in [0.29, 0.717) is 10.7 Å². The van der Waals surface area contributed by atoms with Crippen molar-refractivity contribution in [2.45, 2.75) is 30.7 Å². The van der Waals surface area contributed by atoms with E-state index in [1.54, 1.807) is 12.1 Å². The van der Waals surface area contributed by atoms with E-state index in [1.165, 1.54) is 12.1 Å². The summed E-state index contributed by atoms with van der Waals surface area (Å²) >= 11 is 0. The van der Waals surface area contributed by atoms with Gasteiger partial charge in [0.1, 0.15) is 6.04 Å². The summed E-state index contributed by atoms with van der Waals surface area (Å²) in [5.41, 5.74) is 1.73. The van der Waals surface area contributed by atoms with Gasteiger partial charge in [-0.25, -0.2) is 17.5 Å². The molecule has 3 rings (SSSR count). The van der Waals surface area contributed by atoms with Gasteiger partial charge in [-0.05, 0) is 37.5 Å². The van der Waals surface area contributed by atoms with Crippen molar-refractivity contribution >= 4 is 21.9 Å². The number of carbonyl (C=O) groups is 2. The maximum absolute atomic E-state index is 12.9. The number of hydrogen-bond donors (Lipinski definition) is 1. The normalized spacial score (nSPS) is 20.3. The summed E-state index contributed by atoms with van der Waals surface area (Å²) in [5, 5.41) is 9.48. The minimum Gasteiger partial charge on any atom is -0.480 e. The third kappa shape index (κ3) is 3.35. The van der Waals surface area contributed by atoms with Gasteiger partial charge in [-0.15, -0.1) is 0 Å². The van der Waals surface area contributed by atoms with Gasteiger partial charge in [0.2, 0.25) is 5.91 Å². The number of nitrogens with zero attached hydrogens (tertiary/aromatic N) is 1. The van der Waals surface area contributed by atoms with Gasteiger partial charge in [-0.3, -0.25) is 4.79 Å². The van der Waals surface area contributed by atoms with Crippen LogP contribution in [0.25, 0.3) is 0 Å². The number of amides is 1. The summed E-state index contributed by atoms with van der Waals surface area (Å²) in [4.78, 5) is 24.3. The quantitative estimate of drug-likeness (QED) is 0.868. The Balaban J connectivity index is 1.95. The molecular weight excluding hydrogens is 354 g/mol. The number of rotatable bonds is 5. The molecule has 1 aliphatic rings. The molecule has 1 amide bonds. The molecule has 2 unspecified atom stereocenters. The Labute approximate surface area is 152 Å². The lowest BCUT2D eigenvalue weighted by atomic mass is 9.96. The summed E-state index contributed by atoms with van der Waals surface area (Å²) in [7, 11) is -4.22. The highest BCUT2D eigenvalue weighted by Gasteiger charge is 2.49. The molecule has 0 aliphatic carbocycles. The molecule has 0 aromatic heterocycles. The summed E-state index contributed by atoms with van der Waals surface area (Å²) in [6.45, 7) is 1.81. The Morgan fingerprint density at radius 1 is 1.12 bits per heavy atom. The summed E-state index contributed by atoms with van der Waals surface area (Å²) in [6.07, 6.45) is 0.275. The molecule has 0 spiro atoms. The van der Waals surface area contributed by atoms with E-state index in [2.05, 4.69) is 0 Å². The predicted octanol–water partition coefficient (Wildman–Crippen LogP) is 2.23. The molecule has 1 heterocycles. The maximum atomic E-state index is 12.9. The van der Waals surface area contributed by atoms with Crippen LogP contribution in [0.4, 0.5) is 0 Å². The van der Waals surface area contributed by atoms with Gasteiger partial charge in [0.25, 0.3) is 10.0 Å². The van der Waals surface area contributed by atoms with Crippen LogP contribution in [0.15, 0.2) is 59.5 Å². The molecule has 0 bridgehead atoms. The van der Waals surface area contributed by atoms with Crippen LogP contribution < -0.4 is 0 Å². The fraction of sp³-hybridized carbons (Fsp3) is 0.263. The van der Waals surface area contributed by atoms with Crippen LogP contribution in [-0.4, -0.2) is 35.7 Å². The topological polar surface area (TPSA) is 91.8 Å². The number of aliphatic carboxylic acids is 1. The average Bonchev–Trinajstić information content (AvgIpc) is 2.94. The molecule has 136 valence electrons. The summed E-state index contributed by atoms with van der Waals surface area (Å²) in [5.74, 6) is -2.66. The first-order chi connectivity index (χ1) is 12.3. The number of hydrogen-bond acceptors (Lipinski definition) is 4. The van der Waals surface area contributed by atoms with Gasteiger partial charge in [0.15, 0.2) is 0 Å². The zero-order valence-corrected chi connectivity index (χ0v) is 15.0. The molecule has 1 N–H and O–H groups in total. The van der Waals surface area contributed by atoms with E-state index in [0.717, 1.165) is 11.1 Å². The highest BCUT2D eigenvalue weighted by Crippen LogP contribution is 2.33. The molecule has 7 heteroatoms. The Hall–Kier alpha value is -2.67. The second kappa shape index (κ2) is 6.92. The van der Waals surface area contributed by atoms with Crippen LogP contribution in [0, 0.1) is 12.8 Å². The second-order valence-electron chi connectivity index (χ2n) is 6.43. The molecule has 0 radical (unpaired) electrons. The smallest absolute Gasteiger partial charge is 0.327 e. The van der Waals surface area contributed by atoms with Crippen LogP contribution in [0.1, 0.15) is 17.5 Å². The van der Waals surface area contributed by atoms with E-state index in [9.17, 15) is 23.1 Å². The highest BCUT2D eigenvalue weighted by molar-refractivity contribution is 7.89. The van der Waals surface area contributed by atoms with E-state index in [1.807, 2.05) is 37.3 Å². The maximum Gasteiger partial charge on any atom is 0.327 e. The van der Waals surface area contributed by atoms with Gasteiger partial charge in [0.05, 0.1) is 4.90 Å². The number of carboxylic acid groups (broad SMARTS) is 1. The molecule has 1 fully saturated rings. The van der Waals surface area contributed by atoms with Gasteiger partial charge < -0.3 is 5.11 Å². The first-order valence-corrected chi connectivity index (χ1v) is 9.66. The zero-order chi connectivity index (χ0) is 18.9. The third-order valence-corrected chi connectivity index (χ3v) is 6.37. The molecule has 1 saturated heterocycles. The fourth-order valence-electron chi connectivity index (χ4n) is 3.18. The lowest BCUT2D eigenvalue weighted by Crippen LogP contribution is -2.43. The van der Waals surface area contributed by atoms with Crippen LogP contribution in [0.2, 0.25) is 0 Å². The van der Waals surface area contributed by atoms with Crippen LogP contribution in [0.5, 0.6) is 0 Å². The van der Waals surface area contributed by atoms with E-state index in [4.69, 9.17) is 0 Å². The minimum atomic E-state index is -4.22. The highest BCUT2D eigenvalue weighted by atomic mass is 32.2. The summed E-state index contributed by atoms with van der Waals surface area (Å²) in [6, 6.07) is 13.8. The Morgan fingerprint density at radius 3 is 2.31 bits per heavy atom. The number of carboxylic acids is 1. The Morgan fingerprint density at radius 2 is 1.73 bits per heavy atom. The lowest BCUT2D eigenvalue weighted by molar-refractivity contribution is -0.143. The first-order valence-electron chi connectivity index (χ1n) is 8.22. The van der Waals surface area contributed by atoms with Crippen molar-refractivity contribution in [1.29, 1.82) is 0 Å². The lowest BCUT2D eigenvalue weighted by Gasteiger charge is -2.21. The number of benzene rings is 2. The number of carbonyl (C=O) groups excluding carboxylic acids is 1. The molecule has 0 saturated carbocycles. The Kier molecular flexibility index (Phi) is 4.82. The van der Waals surface area contributed by atoms with E-state index < -0.39 is 33.9 Å². The van der Waals surface area contributed by atoms with Crippen LogP contribution in [0.3, 0.4) is 0 Å². The second-order valence-corrected chi connectivity index (χ2v) is 8.24. The minimum absolute atomic E-state index is 0.0336. The molecule has 2 aromatic rings. The molecule has 26 heavy (non-hydrogen) atoms. The monoisotopic (exact) mass is 373 g/mol. The fourth-order valence-corrected chi connectivity index (χ4v) is 4.78. The van der Waals surface area contributed by atoms with Crippen molar-refractivity contribution < 1.29 is 23.1 Å². The molecule has 1 aliphatic heterocycles. The average molecular weight is 373 g/mol. The standard InChI is InChI=1S/C19H19NO5S/c1-13-7-9-16(10-8-13)26(24,25)20-17(19(22)23)12-15(18(20)21)11-14-5-3-2-4-6-14/h2-10,15,17H,11-12H2,1H3,(H,22,23). The van der Waals surface area contributed by atoms with Crippen molar-refractivity contribution in [2.24, 2.45) is 5.92 Å². The molecule has 2 aromatic carbocycles. The van der Waals surface area contributed by atoms with Crippen molar-refractivity contribution in [3.05, 3.63) is 65.7 Å². The van der Waals surface area contributed by atoms with Gasteiger partial charge in [0, 0.05) is 5.92 Å². The van der Waals surface area contributed by atoms with E-state index >= 15 is 0 Å². The predicted molar refractivity (Wildman–Crippen MR) is 94.9 cm³/mol. The Bertz CT molecular complexity index is 922. The van der Waals surface area contributed by atoms with Gasteiger partial charge in [-0.2, -0.15) is 0 Å².